The van der Waals surface area contributed by atoms with Crippen LogP contribution in [0.4, 0.5) is 0 Å². The Hall–Kier alpha value is -1.93. The maximum Gasteiger partial charge on any atom is 0.247 e. The van der Waals surface area contributed by atoms with Crippen LogP contribution in [0.25, 0.3) is 0 Å². The van der Waals surface area contributed by atoms with Crippen molar-refractivity contribution in [3.8, 4) is 0 Å². The van der Waals surface area contributed by atoms with Crippen molar-refractivity contribution < 1.29 is 8.42 Å². The standard InChI is InChI=1S/C13H16N4O3S/c1-16-7-6-14-12(16)9-17(10-2-3-10)21(19,20)11-4-5-13(18)15-8-11/h4-8,10H,2-3,9H2,1H3,(H,15,18). The summed E-state index contributed by atoms with van der Waals surface area (Å²) < 4.78 is 28.7. The molecule has 0 unspecified atom stereocenters. The van der Waals surface area contributed by atoms with Crippen molar-refractivity contribution in [1.29, 1.82) is 0 Å². The number of pyridine rings is 1. The normalized spacial score (nSPS) is 15.5. The van der Waals surface area contributed by atoms with Crippen molar-refractivity contribution in [3.63, 3.8) is 0 Å². The zero-order valence-electron chi connectivity index (χ0n) is 11.6. The highest BCUT2D eigenvalue weighted by Gasteiger charge is 2.38. The van der Waals surface area contributed by atoms with Gasteiger partial charge >= 0.3 is 0 Å². The Morgan fingerprint density at radius 1 is 1.43 bits per heavy atom. The first-order chi connectivity index (χ1) is 9.98. The van der Waals surface area contributed by atoms with E-state index in [1.807, 2.05) is 7.05 Å². The summed E-state index contributed by atoms with van der Waals surface area (Å²) in [4.78, 5) is 17.8. The van der Waals surface area contributed by atoms with Crippen LogP contribution in [-0.4, -0.2) is 33.3 Å². The van der Waals surface area contributed by atoms with Gasteiger partial charge in [0.1, 0.15) is 5.82 Å². The SMILES string of the molecule is Cn1ccnc1CN(C1CC1)S(=O)(=O)c1ccc(=O)[nH]c1. The fourth-order valence-corrected chi connectivity index (χ4v) is 3.76. The number of nitrogens with zero attached hydrogens (tertiary/aromatic N) is 3. The van der Waals surface area contributed by atoms with Crippen molar-refractivity contribution in [3.05, 3.63) is 46.9 Å². The van der Waals surface area contributed by atoms with Crippen molar-refractivity contribution in [2.75, 3.05) is 0 Å². The van der Waals surface area contributed by atoms with Gasteiger partial charge in [0, 0.05) is 37.7 Å². The molecule has 0 spiro atoms. The van der Waals surface area contributed by atoms with Crippen LogP contribution in [0, 0.1) is 0 Å². The van der Waals surface area contributed by atoms with Crippen LogP contribution in [0.5, 0.6) is 0 Å². The average Bonchev–Trinajstić information content (AvgIpc) is 3.20. The Morgan fingerprint density at radius 2 is 2.19 bits per heavy atom. The van der Waals surface area contributed by atoms with Gasteiger partial charge in [0.25, 0.3) is 0 Å². The first-order valence-electron chi connectivity index (χ1n) is 6.65. The van der Waals surface area contributed by atoms with Gasteiger partial charge in [0.05, 0.1) is 11.4 Å². The number of sulfonamides is 1. The molecule has 3 rings (SSSR count). The van der Waals surface area contributed by atoms with Gasteiger partial charge in [-0.3, -0.25) is 4.79 Å². The van der Waals surface area contributed by atoms with Crippen LogP contribution < -0.4 is 5.56 Å². The molecule has 1 aliphatic carbocycles. The first kappa shape index (κ1) is 14.0. The molecule has 0 aromatic carbocycles. The minimum atomic E-state index is -3.64. The number of nitrogens with one attached hydrogen (secondary N) is 1. The Bertz CT molecular complexity index is 784. The lowest BCUT2D eigenvalue weighted by molar-refractivity contribution is 0.385. The largest absolute Gasteiger partial charge is 0.337 e. The molecule has 0 bridgehead atoms. The number of imidazole rings is 1. The van der Waals surface area contributed by atoms with E-state index in [0.29, 0.717) is 5.82 Å². The number of H-pyrrole nitrogens is 1. The highest BCUT2D eigenvalue weighted by atomic mass is 32.2. The quantitative estimate of drug-likeness (QED) is 0.869. The van der Waals surface area contributed by atoms with E-state index < -0.39 is 10.0 Å². The molecule has 0 saturated heterocycles. The Labute approximate surface area is 122 Å². The molecule has 1 aliphatic rings. The monoisotopic (exact) mass is 308 g/mol. The maximum absolute atomic E-state index is 12.7. The molecule has 2 aromatic heterocycles. The minimum Gasteiger partial charge on any atom is -0.337 e. The molecule has 21 heavy (non-hydrogen) atoms. The Morgan fingerprint density at radius 3 is 2.71 bits per heavy atom. The molecule has 8 heteroatoms. The van der Waals surface area contributed by atoms with Gasteiger partial charge in [-0.1, -0.05) is 0 Å². The lowest BCUT2D eigenvalue weighted by atomic mass is 10.5. The molecular formula is C13H16N4O3S. The van der Waals surface area contributed by atoms with Crippen LogP contribution in [0.2, 0.25) is 0 Å². The number of aromatic amines is 1. The summed E-state index contributed by atoms with van der Waals surface area (Å²) in [6.07, 6.45) is 6.38. The molecule has 1 fully saturated rings. The number of hydrogen-bond donors (Lipinski definition) is 1. The third-order valence-electron chi connectivity index (χ3n) is 3.53. The smallest absolute Gasteiger partial charge is 0.247 e. The van der Waals surface area contributed by atoms with E-state index in [2.05, 4.69) is 9.97 Å². The number of aromatic nitrogens is 3. The van der Waals surface area contributed by atoms with Gasteiger partial charge in [0.2, 0.25) is 15.6 Å². The van der Waals surface area contributed by atoms with Crippen LogP contribution in [0.1, 0.15) is 18.7 Å². The predicted molar refractivity (Wildman–Crippen MR) is 76.0 cm³/mol. The number of aryl methyl sites for hydroxylation is 1. The highest BCUT2D eigenvalue weighted by molar-refractivity contribution is 7.89. The van der Waals surface area contributed by atoms with Gasteiger partial charge in [-0.2, -0.15) is 4.31 Å². The van der Waals surface area contributed by atoms with Crippen LogP contribution in [0.15, 0.2) is 40.4 Å². The summed E-state index contributed by atoms with van der Waals surface area (Å²) >= 11 is 0. The summed E-state index contributed by atoms with van der Waals surface area (Å²) in [6.45, 7) is 0.232. The first-order valence-corrected chi connectivity index (χ1v) is 8.09. The predicted octanol–water partition coefficient (Wildman–Crippen LogP) is 0.462. The third kappa shape index (κ3) is 2.77. The molecule has 1 saturated carbocycles. The van der Waals surface area contributed by atoms with Crippen molar-refractivity contribution in [2.45, 2.75) is 30.3 Å². The second kappa shape index (κ2) is 5.12. The molecule has 0 amide bonds. The van der Waals surface area contributed by atoms with Gasteiger partial charge in [0.15, 0.2) is 0 Å². The van der Waals surface area contributed by atoms with Gasteiger partial charge in [-0.25, -0.2) is 13.4 Å². The third-order valence-corrected chi connectivity index (χ3v) is 5.43. The van der Waals surface area contributed by atoms with Gasteiger partial charge < -0.3 is 9.55 Å². The lowest BCUT2D eigenvalue weighted by Crippen LogP contribution is -2.34. The minimum absolute atomic E-state index is 0.0126. The van der Waals surface area contributed by atoms with E-state index in [4.69, 9.17) is 0 Å². The second-order valence-corrected chi connectivity index (χ2v) is 7.01. The van der Waals surface area contributed by atoms with Crippen LogP contribution in [-0.2, 0) is 23.6 Å². The Kier molecular flexibility index (Phi) is 3.42. The summed E-state index contributed by atoms with van der Waals surface area (Å²) in [6, 6.07) is 2.57. The second-order valence-electron chi connectivity index (χ2n) is 5.12. The molecule has 112 valence electrons. The Balaban J connectivity index is 1.95. The fraction of sp³-hybridized carbons (Fsp3) is 0.385. The molecule has 0 atom stereocenters. The van der Waals surface area contributed by atoms with Gasteiger partial charge in [-0.05, 0) is 18.9 Å². The molecular weight excluding hydrogens is 292 g/mol. The maximum atomic E-state index is 12.7. The zero-order valence-corrected chi connectivity index (χ0v) is 12.4. The molecule has 1 N–H and O–H groups in total. The average molecular weight is 308 g/mol. The van der Waals surface area contributed by atoms with Gasteiger partial charge in [-0.15, -0.1) is 0 Å². The van der Waals surface area contributed by atoms with E-state index in [1.165, 1.54) is 22.6 Å². The van der Waals surface area contributed by atoms with Crippen molar-refractivity contribution >= 4 is 10.0 Å². The van der Waals surface area contributed by atoms with Crippen LogP contribution >= 0.6 is 0 Å². The molecule has 0 aliphatic heterocycles. The van der Waals surface area contributed by atoms with E-state index in [9.17, 15) is 13.2 Å². The molecule has 2 aromatic rings. The summed E-state index contributed by atoms with van der Waals surface area (Å²) in [7, 11) is -1.80. The van der Waals surface area contributed by atoms with E-state index in [1.54, 1.807) is 17.0 Å². The highest BCUT2D eigenvalue weighted by Crippen LogP contribution is 2.32. The topological polar surface area (TPSA) is 88.1 Å². The van der Waals surface area contributed by atoms with Crippen molar-refractivity contribution in [1.82, 2.24) is 18.8 Å². The fourth-order valence-electron chi connectivity index (χ4n) is 2.15. The summed E-state index contributed by atoms with van der Waals surface area (Å²) in [5, 5.41) is 0. The number of hydrogen-bond acceptors (Lipinski definition) is 4. The van der Waals surface area contributed by atoms with E-state index >= 15 is 0 Å². The summed E-state index contributed by atoms with van der Waals surface area (Å²) in [5.74, 6) is 0.690. The van der Waals surface area contributed by atoms with Crippen LogP contribution in [0.3, 0.4) is 0 Å². The van der Waals surface area contributed by atoms with E-state index in [-0.39, 0.29) is 23.0 Å². The molecule has 7 nitrogen and oxygen atoms in total. The van der Waals surface area contributed by atoms with E-state index in [0.717, 1.165) is 12.8 Å². The lowest BCUT2D eigenvalue weighted by Gasteiger charge is -2.21. The molecule has 0 radical (unpaired) electrons. The summed E-state index contributed by atoms with van der Waals surface area (Å²) in [5.41, 5.74) is -0.323. The number of rotatable bonds is 5. The molecule has 2 heterocycles. The zero-order chi connectivity index (χ0) is 15.0. The van der Waals surface area contributed by atoms with Crippen molar-refractivity contribution in [2.24, 2.45) is 7.05 Å².